The Bertz CT molecular complexity index is 1210. The van der Waals surface area contributed by atoms with Crippen LogP contribution in [-0.4, -0.2) is 30.9 Å². The molecule has 7 nitrogen and oxygen atoms in total. The van der Waals surface area contributed by atoms with Gasteiger partial charge < -0.3 is 20.3 Å². The van der Waals surface area contributed by atoms with E-state index in [-0.39, 0.29) is 30.7 Å². The van der Waals surface area contributed by atoms with Crippen LogP contribution in [0.3, 0.4) is 0 Å². The summed E-state index contributed by atoms with van der Waals surface area (Å²) in [6.07, 6.45) is 0.169. The van der Waals surface area contributed by atoms with Crippen molar-refractivity contribution in [2.24, 2.45) is 5.92 Å². The smallest absolute Gasteiger partial charge is 0.262 e. The third kappa shape index (κ3) is 6.39. The maximum absolute atomic E-state index is 12.6. The van der Waals surface area contributed by atoms with Gasteiger partial charge in [0.2, 0.25) is 11.8 Å². The number of rotatable bonds is 8. The molecule has 8 heteroatoms. The maximum Gasteiger partial charge on any atom is 0.262 e. The highest BCUT2D eigenvalue weighted by Crippen LogP contribution is 2.27. The van der Waals surface area contributed by atoms with Crippen molar-refractivity contribution in [2.75, 3.05) is 23.4 Å². The molecule has 3 aromatic carbocycles. The molecule has 0 radical (unpaired) electrons. The molecule has 180 valence electrons. The van der Waals surface area contributed by atoms with Gasteiger partial charge in [0.1, 0.15) is 5.75 Å². The van der Waals surface area contributed by atoms with E-state index >= 15 is 0 Å². The Balaban J connectivity index is 1.27. The molecule has 0 bridgehead atoms. The van der Waals surface area contributed by atoms with Crippen LogP contribution in [0.4, 0.5) is 11.4 Å². The summed E-state index contributed by atoms with van der Waals surface area (Å²) in [5, 5.41) is 6.22. The molecular weight excluding hydrogens is 466 g/mol. The fraction of sp³-hybridized carbons (Fsp3) is 0.222. The summed E-state index contributed by atoms with van der Waals surface area (Å²) in [5.74, 6) is -0.455. The first-order chi connectivity index (χ1) is 16.9. The van der Waals surface area contributed by atoms with Gasteiger partial charge in [-0.1, -0.05) is 48.0 Å². The van der Waals surface area contributed by atoms with E-state index in [2.05, 4.69) is 10.6 Å². The third-order valence-electron chi connectivity index (χ3n) is 5.78. The first-order valence-electron chi connectivity index (χ1n) is 11.3. The minimum atomic E-state index is -0.402. The maximum atomic E-state index is 12.6. The number of halogens is 1. The molecular formula is C27H26ClN3O4. The van der Waals surface area contributed by atoms with Crippen LogP contribution in [0, 0.1) is 12.8 Å². The van der Waals surface area contributed by atoms with Crippen LogP contribution < -0.4 is 20.3 Å². The average molecular weight is 492 g/mol. The van der Waals surface area contributed by atoms with Gasteiger partial charge in [0.05, 0.1) is 5.92 Å². The van der Waals surface area contributed by atoms with Crippen LogP contribution in [0.5, 0.6) is 5.75 Å². The van der Waals surface area contributed by atoms with E-state index in [0.717, 1.165) is 11.1 Å². The Kier molecular flexibility index (Phi) is 7.67. The first kappa shape index (κ1) is 24.3. The molecule has 1 heterocycles. The number of hydrogen-bond acceptors (Lipinski definition) is 4. The lowest BCUT2D eigenvalue weighted by Crippen LogP contribution is -2.32. The summed E-state index contributed by atoms with van der Waals surface area (Å²) in [4.78, 5) is 38.9. The highest BCUT2D eigenvalue weighted by Gasteiger charge is 2.35. The van der Waals surface area contributed by atoms with Crippen LogP contribution in [-0.2, 0) is 20.9 Å². The van der Waals surface area contributed by atoms with Crippen molar-refractivity contribution in [3.63, 3.8) is 0 Å². The van der Waals surface area contributed by atoms with Crippen molar-refractivity contribution >= 4 is 40.7 Å². The van der Waals surface area contributed by atoms with E-state index in [1.54, 1.807) is 41.3 Å². The van der Waals surface area contributed by atoms with Gasteiger partial charge in [0.15, 0.2) is 6.61 Å². The fourth-order valence-corrected chi connectivity index (χ4v) is 3.98. The summed E-state index contributed by atoms with van der Waals surface area (Å²) in [6.45, 7) is 2.47. The lowest BCUT2D eigenvalue weighted by molar-refractivity contribution is -0.126. The molecule has 35 heavy (non-hydrogen) atoms. The molecule has 3 aromatic rings. The van der Waals surface area contributed by atoms with Crippen LogP contribution in [0.15, 0.2) is 72.8 Å². The number of carbonyl (C=O) groups is 3. The van der Waals surface area contributed by atoms with Crippen LogP contribution in [0.25, 0.3) is 0 Å². The normalized spacial score (nSPS) is 15.1. The Morgan fingerprint density at radius 1 is 1.06 bits per heavy atom. The SMILES string of the molecule is Cc1ccc(NC(=O)COc2ccc(N3C[C@@H](C(=O)NCc4ccccc4)CC3=O)cc2)cc1Cl. The summed E-state index contributed by atoms with van der Waals surface area (Å²) >= 11 is 6.08. The zero-order valence-electron chi connectivity index (χ0n) is 19.3. The highest BCUT2D eigenvalue weighted by molar-refractivity contribution is 6.31. The molecule has 1 fully saturated rings. The quantitative estimate of drug-likeness (QED) is 0.491. The molecule has 0 saturated carbocycles. The summed E-state index contributed by atoms with van der Waals surface area (Å²) < 4.78 is 5.56. The molecule has 0 aromatic heterocycles. The molecule has 1 atom stereocenters. The van der Waals surface area contributed by atoms with Gasteiger partial charge in [0, 0.05) is 35.9 Å². The first-order valence-corrected chi connectivity index (χ1v) is 11.7. The molecule has 1 aliphatic rings. The topological polar surface area (TPSA) is 87.7 Å². The number of amides is 3. The number of hydrogen-bond donors (Lipinski definition) is 2. The van der Waals surface area contributed by atoms with Crippen molar-refractivity contribution in [2.45, 2.75) is 19.9 Å². The van der Waals surface area contributed by atoms with Gasteiger partial charge in [0.25, 0.3) is 5.91 Å². The van der Waals surface area contributed by atoms with E-state index in [1.165, 1.54) is 0 Å². The largest absolute Gasteiger partial charge is 0.484 e. The number of anilines is 2. The lowest BCUT2D eigenvalue weighted by atomic mass is 10.1. The number of carbonyl (C=O) groups excluding carboxylic acids is 3. The highest BCUT2D eigenvalue weighted by atomic mass is 35.5. The molecule has 0 unspecified atom stereocenters. The second-order valence-electron chi connectivity index (χ2n) is 8.40. The molecule has 3 amide bonds. The number of benzene rings is 3. The third-order valence-corrected chi connectivity index (χ3v) is 6.19. The number of ether oxygens (including phenoxy) is 1. The van der Waals surface area contributed by atoms with Crippen molar-refractivity contribution < 1.29 is 19.1 Å². The predicted molar refractivity (Wildman–Crippen MR) is 136 cm³/mol. The van der Waals surface area contributed by atoms with Crippen LogP contribution >= 0.6 is 11.6 Å². The Morgan fingerprint density at radius 3 is 2.51 bits per heavy atom. The number of aryl methyl sites for hydroxylation is 1. The van der Waals surface area contributed by atoms with Crippen molar-refractivity contribution in [3.05, 3.63) is 88.9 Å². The van der Waals surface area contributed by atoms with Gasteiger partial charge in [-0.25, -0.2) is 0 Å². The average Bonchev–Trinajstić information content (AvgIpc) is 3.26. The standard InChI is InChI=1S/C27H26ClN3O4/c1-18-7-8-21(14-24(18)28)30-25(32)17-35-23-11-9-22(10-12-23)31-16-20(13-26(31)33)27(34)29-15-19-5-3-2-4-6-19/h2-12,14,20H,13,15-17H2,1H3,(H,29,34)(H,30,32)/t20-/m0/s1. The van der Waals surface area contributed by atoms with E-state index in [1.807, 2.05) is 43.3 Å². The second kappa shape index (κ2) is 11.1. The monoisotopic (exact) mass is 491 g/mol. The minimum absolute atomic E-state index is 0.102. The summed E-state index contributed by atoms with van der Waals surface area (Å²) in [5.41, 5.74) is 3.21. The molecule has 4 rings (SSSR count). The molecule has 1 saturated heterocycles. The van der Waals surface area contributed by atoms with Crippen LogP contribution in [0.1, 0.15) is 17.5 Å². The van der Waals surface area contributed by atoms with E-state index in [4.69, 9.17) is 16.3 Å². The zero-order valence-corrected chi connectivity index (χ0v) is 20.0. The van der Waals surface area contributed by atoms with E-state index < -0.39 is 5.92 Å². The summed E-state index contributed by atoms with van der Waals surface area (Å²) in [7, 11) is 0. The minimum Gasteiger partial charge on any atom is -0.484 e. The van der Waals surface area contributed by atoms with Gasteiger partial charge >= 0.3 is 0 Å². The van der Waals surface area contributed by atoms with Crippen molar-refractivity contribution in [1.82, 2.24) is 5.32 Å². The fourth-order valence-electron chi connectivity index (χ4n) is 3.80. The van der Waals surface area contributed by atoms with Gasteiger partial charge in [-0.3, -0.25) is 14.4 Å². The Hall–Kier alpha value is -3.84. The predicted octanol–water partition coefficient (Wildman–Crippen LogP) is 4.34. The van der Waals surface area contributed by atoms with Crippen LogP contribution in [0.2, 0.25) is 5.02 Å². The van der Waals surface area contributed by atoms with E-state index in [0.29, 0.717) is 35.2 Å². The molecule has 0 spiro atoms. The molecule has 1 aliphatic heterocycles. The van der Waals surface area contributed by atoms with Gasteiger partial charge in [-0.05, 0) is 54.4 Å². The molecule has 2 N–H and O–H groups in total. The molecule has 0 aliphatic carbocycles. The number of nitrogens with one attached hydrogen (secondary N) is 2. The van der Waals surface area contributed by atoms with Gasteiger partial charge in [-0.15, -0.1) is 0 Å². The van der Waals surface area contributed by atoms with Crippen molar-refractivity contribution in [3.8, 4) is 5.75 Å². The lowest BCUT2D eigenvalue weighted by Gasteiger charge is -2.17. The number of nitrogens with zero attached hydrogens (tertiary/aromatic N) is 1. The van der Waals surface area contributed by atoms with E-state index in [9.17, 15) is 14.4 Å². The zero-order chi connectivity index (χ0) is 24.8. The Morgan fingerprint density at radius 2 is 1.80 bits per heavy atom. The van der Waals surface area contributed by atoms with Crippen molar-refractivity contribution in [1.29, 1.82) is 0 Å². The summed E-state index contributed by atoms with van der Waals surface area (Å²) in [6, 6.07) is 21.8. The van der Waals surface area contributed by atoms with Gasteiger partial charge in [-0.2, -0.15) is 0 Å². The second-order valence-corrected chi connectivity index (χ2v) is 8.81. The Labute approximate surface area is 209 Å².